The van der Waals surface area contributed by atoms with Gasteiger partial charge in [-0.3, -0.25) is 14.6 Å². The average Bonchev–Trinajstić information content (AvgIpc) is 2.51. The van der Waals surface area contributed by atoms with Crippen molar-refractivity contribution in [2.45, 2.75) is 51.2 Å². The summed E-state index contributed by atoms with van der Waals surface area (Å²) in [7, 11) is 0. The van der Waals surface area contributed by atoms with Gasteiger partial charge in [0.15, 0.2) is 0 Å². The van der Waals surface area contributed by atoms with Crippen LogP contribution in [0.25, 0.3) is 0 Å². The van der Waals surface area contributed by atoms with Crippen molar-refractivity contribution in [3.63, 3.8) is 0 Å². The van der Waals surface area contributed by atoms with Gasteiger partial charge in [-0.15, -0.1) is 0 Å². The highest BCUT2D eigenvalue weighted by Crippen LogP contribution is 2.40. The molecule has 2 heterocycles. The summed E-state index contributed by atoms with van der Waals surface area (Å²) in [6, 6.07) is 2.25. The summed E-state index contributed by atoms with van der Waals surface area (Å²) in [5.41, 5.74) is -0.272. The summed E-state index contributed by atoms with van der Waals surface area (Å²) in [6.07, 6.45) is 2.72. The Morgan fingerprint density at radius 1 is 1.39 bits per heavy atom. The summed E-state index contributed by atoms with van der Waals surface area (Å²) < 4.78 is 11.2. The van der Waals surface area contributed by atoms with Crippen LogP contribution in [0.1, 0.15) is 40.0 Å². The Bertz CT molecular complexity index is 464. The molecule has 0 aliphatic carbocycles. The normalized spacial score (nSPS) is 32.6. The molecule has 0 saturated carbocycles. The Hall–Kier alpha value is -1.16. The Labute approximate surface area is 139 Å². The Balaban J connectivity index is 2.19. The third-order valence-electron chi connectivity index (χ3n) is 5.26. The molecule has 0 unspecified atom stereocenters. The maximum absolute atomic E-state index is 12.0. The maximum Gasteiger partial charge on any atom is 0.320 e. The molecule has 0 aromatic carbocycles. The minimum Gasteiger partial charge on any atom is -0.465 e. The first kappa shape index (κ1) is 18.2. The van der Waals surface area contributed by atoms with E-state index in [1.165, 1.54) is 0 Å². The van der Waals surface area contributed by atoms with Gasteiger partial charge in [-0.25, -0.2) is 0 Å². The van der Waals surface area contributed by atoms with Gasteiger partial charge in [0.05, 0.1) is 31.4 Å². The van der Waals surface area contributed by atoms with Gasteiger partial charge in [0.2, 0.25) is 0 Å². The number of carbonyl (C=O) groups is 1. The molecule has 2 aliphatic heterocycles. The number of nitriles is 1. The van der Waals surface area contributed by atoms with Crippen molar-refractivity contribution >= 4 is 5.97 Å². The van der Waals surface area contributed by atoms with Crippen LogP contribution in [0.15, 0.2) is 0 Å². The minimum atomic E-state index is -0.166. The lowest BCUT2D eigenvalue weighted by molar-refractivity contribution is -0.164. The second-order valence-electron chi connectivity index (χ2n) is 6.90. The van der Waals surface area contributed by atoms with E-state index in [0.717, 1.165) is 38.9 Å². The third kappa shape index (κ3) is 4.23. The zero-order chi connectivity index (χ0) is 16.9. The predicted octanol–water partition coefficient (Wildman–Crippen LogP) is 1.41. The fraction of sp³-hybridized carbons (Fsp3) is 0.882. The molecule has 0 amide bonds. The third-order valence-corrected chi connectivity index (χ3v) is 5.26. The summed E-state index contributed by atoms with van der Waals surface area (Å²) >= 11 is 0. The SMILES string of the molecule is CCOC(=O)CN1CCN(CC#N)C[C@]12CCO[C@@](C)(CC)C2. The largest absolute Gasteiger partial charge is 0.465 e. The second-order valence-corrected chi connectivity index (χ2v) is 6.90. The summed E-state index contributed by atoms with van der Waals surface area (Å²) in [5, 5.41) is 9.03. The molecule has 0 radical (unpaired) electrons. The first-order chi connectivity index (χ1) is 11.0. The van der Waals surface area contributed by atoms with Crippen molar-refractivity contribution in [2.24, 2.45) is 0 Å². The van der Waals surface area contributed by atoms with Crippen molar-refractivity contribution in [1.82, 2.24) is 9.80 Å². The fourth-order valence-electron chi connectivity index (χ4n) is 3.89. The lowest BCUT2D eigenvalue weighted by Crippen LogP contribution is -2.67. The number of piperazine rings is 1. The van der Waals surface area contributed by atoms with Gasteiger partial charge in [0.1, 0.15) is 0 Å². The highest BCUT2D eigenvalue weighted by atomic mass is 16.5. The van der Waals surface area contributed by atoms with Crippen LogP contribution in [0.4, 0.5) is 0 Å². The highest BCUT2D eigenvalue weighted by molar-refractivity contribution is 5.71. The van der Waals surface area contributed by atoms with Gasteiger partial charge in [-0.05, 0) is 33.1 Å². The number of carbonyl (C=O) groups excluding carboxylic acids is 1. The molecule has 0 bridgehead atoms. The van der Waals surface area contributed by atoms with Gasteiger partial charge < -0.3 is 9.47 Å². The minimum absolute atomic E-state index is 0.106. The molecule has 0 aromatic heterocycles. The number of nitrogens with zero attached hydrogens (tertiary/aromatic N) is 3. The molecule has 2 aliphatic rings. The van der Waals surface area contributed by atoms with Gasteiger partial charge >= 0.3 is 5.97 Å². The number of rotatable bonds is 5. The van der Waals surface area contributed by atoms with E-state index in [1.807, 2.05) is 6.92 Å². The number of ether oxygens (including phenoxy) is 2. The van der Waals surface area contributed by atoms with Gasteiger partial charge in [0, 0.05) is 31.8 Å². The molecule has 2 atom stereocenters. The first-order valence-corrected chi connectivity index (χ1v) is 8.61. The predicted molar refractivity (Wildman–Crippen MR) is 86.9 cm³/mol. The number of esters is 1. The average molecular weight is 323 g/mol. The lowest BCUT2D eigenvalue weighted by atomic mass is 9.76. The zero-order valence-electron chi connectivity index (χ0n) is 14.6. The zero-order valence-corrected chi connectivity index (χ0v) is 14.6. The first-order valence-electron chi connectivity index (χ1n) is 8.61. The van der Waals surface area contributed by atoms with Crippen LogP contribution in [0.5, 0.6) is 0 Å². The van der Waals surface area contributed by atoms with Gasteiger partial charge in [-0.2, -0.15) is 5.26 Å². The van der Waals surface area contributed by atoms with Crippen LogP contribution in [0.2, 0.25) is 0 Å². The standard InChI is InChI=1S/C17H29N3O3/c1-4-16(3)13-17(6-11-23-16)14-19(8-7-18)9-10-20(17)12-15(21)22-5-2/h4-6,8-14H2,1-3H3/t16-,17+/m0/s1. The van der Waals surface area contributed by atoms with Crippen LogP contribution < -0.4 is 0 Å². The lowest BCUT2D eigenvalue weighted by Gasteiger charge is -2.55. The van der Waals surface area contributed by atoms with Crippen molar-refractivity contribution in [3.05, 3.63) is 0 Å². The van der Waals surface area contributed by atoms with Crippen molar-refractivity contribution in [2.75, 3.05) is 45.9 Å². The molecule has 23 heavy (non-hydrogen) atoms. The van der Waals surface area contributed by atoms with Crippen LogP contribution >= 0.6 is 0 Å². The topological polar surface area (TPSA) is 65.8 Å². The van der Waals surface area contributed by atoms with Crippen LogP contribution in [-0.4, -0.2) is 72.8 Å². The monoisotopic (exact) mass is 323 g/mol. The molecule has 0 aromatic rings. The second kappa shape index (κ2) is 7.61. The van der Waals surface area contributed by atoms with E-state index in [0.29, 0.717) is 26.3 Å². The Morgan fingerprint density at radius 2 is 2.17 bits per heavy atom. The van der Waals surface area contributed by atoms with E-state index in [9.17, 15) is 4.79 Å². The smallest absolute Gasteiger partial charge is 0.320 e. The van der Waals surface area contributed by atoms with E-state index < -0.39 is 0 Å². The van der Waals surface area contributed by atoms with Crippen molar-refractivity contribution < 1.29 is 14.3 Å². The molecule has 6 nitrogen and oxygen atoms in total. The van der Waals surface area contributed by atoms with Gasteiger partial charge in [0.25, 0.3) is 0 Å². The van der Waals surface area contributed by atoms with E-state index in [-0.39, 0.29) is 17.1 Å². The Kier molecular flexibility index (Phi) is 6.01. The van der Waals surface area contributed by atoms with E-state index in [4.69, 9.17) is 14.7 Å². The molecular formula is C17H29N3O3. The van der Waals surface area contributed by atoms with Gasteiger partial charge in [-0.1, -0.05) is 6.92 Å². The molecule has 6 heteroatoms. The van der Waals surface area contributed by atoms with Crippen molar-refractivity contribution in [1.29, 1.82) is 5.26 Å². The van der Waals surface area contributed by atoms with Crippen molar-refractivity contribution in [3.8, 4) is 6.07 Å². The molecule has 2 fully saturated rings. The molecule has 130 valence electrons. The highest BCUT2D eigenvalue weighted by Gasteiger charge is 2.49. The molecule has 2 saturated heterocycles. The van der Waals surface area contributed by atoms with Crippen LogP contribution in [-0.2, 0) is 14.3 Å². The maximum atomic E-state index is 12.0. The number of hydrogen-bond donors (Lipinski definition) is 0. The fourth-order valence-corrected chi connectivity index (χ4v) is 3.89. The summed E-state index contributed by atoms with van der Waals surface area (Å²) in [4.78, 5) is 16.5. The van der Waals surface area contributed by atoms with Crippen LogP contribution in [0, 0.1) is 11.3 Å². The van der Waals surface area contributed by atoms with E-state index >= 15 is 0 Å². The van der Waals surface area contributed by atoms with E-state index in [2.05, 4.69) is 29.7 Å². The molecule has 0 N–H and O–H groups in total. The summed E-state index contributed by atoms with van der Waals surface area (Å²) in [5.74, 6) is -0.162. The number of hydrogen-bond acceptors (Lipinski definition) is 6. The van der Waals surface area contributed by atoms with E-state index in [1.54, 1.807) is 0 Å². The quantitative estimate of drug-likeness (QED) is 0.563. The molecule has 2 rings (SSSR count). The van der Waals surface area contributed by atoms with Crippen LogP contribution in [0.3, 0.4) is 0 Å². The Morgan fingerprint density at radius 3 is 2.83 bits per heavy atom. The molecule has 1 spiro atoms. The summed E-state index contributed by atoms with van der Waals surface area (Å²) in [6.45, 7) is 10.4. The molecular weight excluding hydrogens is 294 g/mol.